The maximum Gasteiger partial charge on any atom is 0.305 e. The number of esters is 2. The van der Waals surface area contributed by atoms with Crippen molar-refractivity contribution in [3.8, 4) is 0 Å². The largest absolute Gasteiger partial charge is 0.462 e. The molecule has 0 radical (unpaired) electrons. The molecule has 0 spiro atoms. The zero-order valence-electron chi connectivity index (χ0n) is 29.2. The van der Waals surface area contributed by atoms with Gasteiger partial charge in [-0.3, -0.25) is 19.8 Å². The van der Waals surface area contributed by atoms with Crippen LogP contribution in [0.1, 0.15) is 113 Å². The van der Waals surface area contributed by atoms with Crippen LogP contribution in [0.2, 0.25) is 0 Å². The van der Waals surface area contributed by atoms with Crippen LogP contribution in [0.25, 0.3) is 0 Å². The van der Waals surface area contributed by atoms with Crippen LogP contribution in [0, 0.1) is 39.9 Å². The third-order valence-corrected chi connectivity index (χ3v) is 12.9. The highest BCUT2D eigenvalue weighted by atomic mass is 32.2. The van der Waals surface area contributed by atoms with Crippen LogP contribution < -0.4 is 10.3 Å². The fourth-order valence-corrected chi connectivity index (χ4v) is 10.7. The number of fused-ring (bicyclic) bond motifs is 5. The van der Waals surface area contributed by atoms with Gasteiger partial charge in [0.1, 0.15) is 12.2 Å². The number of carbonyl (C=O) groups is 3. The van der Waals surface area contributed by atoms with Gasteiger partial charge in [0.05, 0.1) is 12.4 Å². The minimum Gasteiger partial charge on any atom is -0.462 e. The van der Waals surface area contributed by atoms with Gasteiger partial charge in [0, 0.05) is 18.9 Å². The number of rotatable bonds is 9. The standard InChI is InChI=1S/C35H56N2O8S/c1-10-29(40)45-27-15-16-33(6)24(21(27)4)14-17-34(7)31(33)26(39)18-25-30(28(44-22(5)38)19-35(25,34)8)23(13-11-12-20(2)3)32(41)36-37-46(9,42)43/h12,21,24-28,31,37,39H,10-11,13-19H2,1-9H3,(H,36,41)/b30-23-/t21-,24-,25-,26+,27+,28-,31-,33-,34-,35-/m0/s1. The molecule has 0 heterocycles. The Morgan fingerprint density at radius 3 is 2.30 bits per heavy atom. The van der Waals surface area contributed by atoms with Crippen molar-refractivity contribution in [2.45, 2.75) is 131 Å². The van der Waals surface area contributed by atoms with Gasteiger partial charge >= 0.3 is 11.9 Å². The Morgan fingerprint density at radius 2 is 1.72 bits per heavy atom. The molecule has 11 heteroatoms. The van der Waals surface area contributed by atoms with Crippen LogP contribution in [0.15, 0.2) is 22.8 Å². The fraction of sp³-hybridized carbons (Fsp3) is 0.800. The quantitative estimate of drug-likeness (QED) is 0.133. The second-order valence-corrected chi connectivity index (χ2v) is 17.2. The van der Waals surface area contributed by atoms with Gasteiger partial charge in [-0.1, -0.05) is 46.3 Å². The minimum absolute atomic E-state index is 0.0440. The van der Waals surface area contributed by atoms with Crippen molar-refractivity contribution in [2.24, 2.45) is 39.9 Å². The van der Waals surface area contributed by atoms with Crippen LogP contribution >= 0.6 is 0 Å². The van der Waals surface area contributed by atoms with E-state index < -0.39 is 39.5 Å². The van der Waals surface area contributed by atoms with Crippen molar-refractivity contribution in [1.29, 1.82) is 0 Å². The molecular weight excluding hydrogens is 608 g/mol. The SMILES string of the molecule is CCC(=O)O[C@@H]1CC[C@@]2(C)[C@@H](CC[C@@]3(C)[C@H]2[C@H](O)C[C@H]2/C(=C(\CCC=C(C)C)C(=O)NNS(C)(=O)=O)[C@@H](OC(C)=O)C[C@@]23C)[C@@H]1C. The monoisotopic (exact) mass is 664 g/mol. The van der Waals surface area contributed by atoms with E-state index in [-0.39, 0.29) is 46.6 Å². The van der Waals surface area contributed by atoms with Gasteiger partial charge in [-0.15, -0.1) is 4.83 Å². The minimum atomic E-state index is -3.72. The Balaban J connectivity index is 1.80. The number of hydrazine groups is 1. The van der Waals surface area contributed by atoms with Gasteiger partial charge in [0.2, 0.25) is 10.0 Å². The predicted octanol–water partition coefficient (Wildman–Crippen LogP) is 5.12. The highest BCUT2D eigenvalue weighted by Gasteiger charge is 2.71. The van der Waals surface area contributed by atoms with E-state index >= 15 is 0 Å². The lowest BCUT2D eigenvalue weighted by atomic mass is 9.36. The van der Waals surface area contributed by atoms with Gasteiger partial charge in [-0.25, -0.2) is 8.42 Å². The van der Waals surface area contributed by atoms with Gasteiger partial charge in [-0.2, -0.15) is 0 Å². The molecule has 10 atom stereocenters. The molecule has 260 valence electrons. The molecule has 4 aliphatic rings. The van der Waals surface area contributed by atoms with Gasteiger partial charge < -0.3 is 14.6 Å². The van der Waals surface area contributed by atoms with Crippen molar-refractivity contribution in [3.63, 3.8) is 0 Å². The molecule has 0 aromatic carbocycles. The number of ether oxygens (including phenoxy) is 2. The zero-order valence-corrected chi connectivity index (χ0v) is 30.0. The number of aliphatic hydroxyl groups is 1. The van der Waals surface area contributed by atoms with Crippen LogP contribution in [-0.4, -0.2) is 55.9 Å². The van der Waals surface area contributed by atoms with Crippen LogP contribution in [0.3, 0.4) is 0 Å². The first-order valence-electron chi connectivity index (χ1n) is 17.0. The Bertz CT molecular complexity index is 1390. The number of amides is 1. The molecule has 1 amide bonds. The van der Waals surface area contributed by atoms with E-state index in [0.29, 0.717) is 43.3 Å². The maximum absolute atomic E-state index is 13.8. The summed E-state index contributed by atoms with van der Waals surface area (Å²) in [6.07, 6.45) is 7.03. The van der Waals surface area contributed by atoms with Crippen molar-refractivity contribution in [2.75, 3.05) is 6.26 Å². The molecule has 4 rings (SSSR count). The molecule has 4 fully saturated rings. The van der Waals surface area contributed by atoms with E-state index in [1.165, 1.54) is 6.92 Å². The summed E-state index contributed by atoms with van der Waals surface area (Å²) in [6.45, 7) is 16.2. The van der Waals surface area contributed by atoms with Crippen molar-refractivity contribution in [1.82, 2.24) is 10.3 Å². The summed E-state index contributed by atoms with van der Waals surface area (Å²) >= 11 is 0. The molecule has 46 heavy (non-hydrogen) atoms. The summed E-state index contributed by atoms with van der Waals surface area (Å²) in [5.41, 5.74) is 3.60. The Kier molecular flexibility index (Phi) is 10.6. The summed E-state index contributed by atoms with van der Waals surface area (Å²) < 4.78 is 35.7. The number of hydrogen-bond donors (Lipinski definition) is 3. The third kappa shape index (κ3) is 6.70. The number of nitrogens with one attached hydrogen (secondary N) is 2. The molecule has 0 aromatic heterocycles. The lowest BCUT2D eigenvalue weighted by molar-refractivity contribution is -0.236. The molecule has 10 nitrogen and oxygen atoms in total. The Labute approximate surface area is 275 Å². The van der Waals surface area contributed by atoms with Gasteiger partial charge in [0.15, 0.2) is 0 Å². The highest BCUT2D eigenvalue weighted by Crippen LogP contribution is 2.74. The summed E-state index contributed by atoms with van der Waals surface area (Å²) in [5.74, 6) is -1.05. The normalized spacial score (nSPS) is 39.7. The van der Waals surface area contributed by atoms with Gasteiger partial charge in [-0.05, 0) is 111 Å². The summed E-state index contributed by atoms with van der Waals surface area (Å²) in [4.78, 5) is 40.6. The molecule has 4 saturated carbocycles. The molecule has 3 N–H and O–H groups in total. The van der Waals surface area contributed by atoms with Crippen molar-refractivity contribution >= 4 is 27.9 Å². The smallest absolute Gasteiger partial charge is 0.305 e. The summed E-state index contributed by atoms with van der Waals surface area (Å²) in [7, 11) is -3.72. The Morgan fingerprint density at radius 1 is 1.04 bits per heavy atom. The average Bonchev–Trinajstić information content (AvgIpc) is 3.21. The Hall–Kier alpha value is -2.24. The van der Waals surface area contributed by atoms with E-state index in [9.17, 15) is 27.9 Å². The van der Waals surface area contributed by atoms with E-state index in [1.54, 1.807) is 0 Å². The lowest BCUT2D eigenvalue weighted by Gasteiger charge is -2.69. The highest BCUT2D eigenvalue weighted by molar-refractivity contribution is 7.88. The molecular formula is C35H56N2O8S. The topological polar surface area (TPSA) is 148 Å². The summed E-state index contributed by atoms with van der Waals surface area (Å²) in [6, 6.07) is 0. The van der Waals surface area contributed by atoms with Crippen LogP contribution in [-0.2, 0) is 33.9 Å². The second kappa shape index (κ2) is 13.3. The molecule has 0 unspecified atom stereocenters. The fourth-order valence-electron chi connectivity index (χ4n) is 10.4. The van der Waals surface area contributed by atoms with Crippen LogP contribution in [0.5, 0.6) is 0 Å². The lowest BCUT2D eigenvalue weighted by Crippen LogP contribution is -2.65. The molecule has 0 bridgehead atoms. The predicted molar refractivity (Wildman–Crippen MR) is 175 cm³/mol. The number of carbonyl (C=O) groups excluding carboxylic acids is 3. The van der Waals surface area contributed by atoms with E-state index in [4.69, 9.17) is 9.47 Å². The first kappa shape index (κ1) is 36.6. The van der Waals surface area contributed by atoms with Crippen molar-refractivity contribution < 1.29 is 37.4 Å². The molecule has 0 aliphatic heterocycles. The number of allylic oxidation sites excluding steroid dienone is 2. The first-order chi connectivity index (χ1) is 21.3. The van der Waals surface area contributed by atoms with Crippen LogP contribution in [0.4, 0.5) is 0 Å². The summed E-state index contributed by atoms with van der Waals surface area (Å²) in [5, 5.41) is 12.2. The average molecular weight is 665 g/mol. The van der Waals surface area contributed by atoms with E-state index in [1.807, 2.05) is 26.8 Å². The third-order valence-electron chi connectivity index (χ3n) is 12.5. The number of aliphatic hydroxyl groups excluding tert-OH is 1. The zero-order chi connectivity index (χ0) is 34.4. The number of sulfonamides is 1. The second-order valence-electron chi connectivity index (χ2n) is 15.5. The first-order valence-corrected chi connectivity index (χ1v) is 18.9. The van der Waals surface area contributed by atoms with E-state index in [2.05, 4.69) is 38.0 Å². The molecule has 4 aliphatic carbocycles. The number of hydrogen-bond acceptors (Lipinski definition) is 8. The van der Waals surface area contributed by atoms with Crippen molar-refractivity contribution in [3.05, 3.63) is 22.8 Å². The van der Waals surface area contributed by atoms with E-state index in [0.717, 1.165) is 37.5 Å². The van der Waals surface area contributed by atoms with Gasteiger partial charge in [0.25, 0.3) is 5.91 Å². The molecule has 0 saturated heterocycles. The maximum atomic E-state index is 13.8. The molecule has 0 aromatic rings.